The fourth-order valence-electron chi connectivity index (χ4n) is 1.44. The first kappa shape index (κ1) is 13.7. The lowest BCUT2D eigenvalue weighted by Gasteiger charge is -2.10. The predicted molar refractivity (Wildman–Crippen MR) is 74.7 cm³/mol. The number of halogens is 2. The maximum atomic E-state index is 13.0. The molecule has 0 atom stereocenters. The fraction of sp³-hybridized carbons (Fsp3) is 0.231. The van der Waals surface area contributed by atoms with E-state index in [2.05, 4.69) is 25.9 Å². The molecule has 1 aromatic carbocycles. The van der Waals surface area contributed by atoms with Crippen LogP contribution in [0.1, 0.15) is 25.6 Å². The van der Waals surface area contributed by atoms with Crippen LogP contribution in [-0.2, 0) is 0 Å². The summed E-state index contributed by atoms with van der Waals surface area (Å²) in [5, 5.41) is 0. The molecule has 1 heterocycles. The van der Waals surface area contributed by atoms with Gasteiger partial charge in [0.15, 0.2) is 0 Å². The molecule has 2 N–H and O–H groups in total. The molecule has 0 bridgehead atoms. The maximum absolute atomic E-state index is 13.0. The molecule has 1 aromatic heterocycles. The molecule has 0 aliphatic carbocycles. The molecular formula is C13H13BrFN3O. The van der Waals surface area contributed by atoms with Crippen molar-refractivity contribution in [3.05, 3.63) is 40.4 Å². The number of hydrogen-bond acceptors (Lipinski definition) is 4. The van der Waals surface area contributed by atoms with Crippen molar-refractivity contribution in [3.63, 3.8) is 0 Å². The highest BCUT2D eigenvalue weighted by atomic mass is 79.9. The summed E-state index contributed by atoms with van der Waals surface area (Å²) < 4.78 is 19.1. The van der Waals surface area contributed by atoms with E-state index in [4.69, 9.17) is 10.5 Å². The molecule has 19 heavy (non-hydrogen) atoms. The number of benzene rings is 1. The largest absolute Gasteiger partial charge is 0.438 e. The van der Waals surface area contributed by atoms with E-state index in [9.17, 15) is 4.39 Å². The standard InChI is InChI=1S/C13H13BrFN3O/c1-7(2)13-17-11(16)6-12(18-13)19-10-4-3-8(15)5-9(10)14/h3-7H,1-2H3,(H2,16,17,18). The molecule has 0 aliphatic rings. The third-order valence-electron chi connectivity index (χ3n) is 2.36. The summed E-state index contributed by atoms with van der Waals surface area (Å²) in [5.74, 6) is 1.55. The number of nitrogens with zero attached hydrogens (tertiary/aromatic N) is 2. The molecule has 0 radical (unpaired) electrons. The third kappa shape index (κ3) is 3.41. The molecule has 4 nitrogen and oxygen atoms in total. The Balaban J connectivity index is 2.32. The van der Waals surface area contributed by atoms with E-state index < -0.39 is 0 Å². The summed E-state index contributed by atoms with van der Waals surface area (Å²) in [4.78, 5) is 8.39. The lowest BCUT2D eigenvalue weighted by molar-refractivity contribution is 0.453. The lowest BCUT2D eigenvalue weighted by Crippen LogP contribution is -2.03. The van der Waals surface area contributed by atoms with Crippen molar-refractivity contribution in [1.29, 1.82) is 0 Å². The van der Waals surface area contributed by atoms with Crippen molar-refractivity contribution in [2.75, 3.05) is 5.73 Å². The van der Waals surface area contributed by atoms with Crippen molar-refractivity contribution in [2.24, 2.45) is 0 Å². The SMILES string of the molecule is CC(C)c1nc(N)cc(Oc2ccc(F)cc2Br)n1. The van der Waals surface area contributed by atoms with E-state index >= 15 is 0 Å². The normalized spacial score (nSPS) is 10.8. The summed E-state index contributed by atoms with van der Waals surface area (Å²) in [5.41, 5.74) is 5.71. The van der Waals surface area contributed by atoms with E-state index in [0.717, 1.165) is 0 Å². The van der Waals surface area contributed by atoms with Gasteiger partial charge in [-0.15, -0.1) is 0 Å². The van der Waals surface area contributed by atoms with E-state index in [1.54, 1.807) is 0 Å². The van der Waals surface area contributed by atoms with Gasteiger partial charge in [-0.25, -0.2) is 9.37 Å². The van der Waals surface area contributed by atoms with Crippen molar-refractivity contribution in [1.82, 2.24) is 9.97 Å². The molecule has 2 rings (SSSR count). The van der Waals surface area contributed by atoms with Gasteiger partial charge in [0, 0.05) is 12.0 Å². The Morgan fingerprint density at radius 2 is 2.00 bits per heavy atom. The Labute approximate surface area is 119 Å². The van der Waals surface area contributed by atoms with Crippen LogP contribution in [0.15, 0.2) is 28.7 Å². The number of ether oxygens (including phenoxy) is 1. The smallest absolute Gasteiger partial charge is 0.224 e. The van der Waals surface area contributed by atoms with E-state index in [-0.39, 0.29) is 11.7 Å². The summed E-state index contributed by atoms with van der Waals surface area (Å²) in [6.45, 7) is 3.93. The number of nitrogen functional groups attached to an aromatic ring is 1. The molecule has 100 valence electrons. The van der Waals surface area contributed by atoms with E-state index in [1.165, 1.54) is 24.3 Å². The van der Waals surface area contributed by atoms with Crippen LogP contribution in [0.3, 0.4) is 0 Å². The topological polar surface area (TPSA) is 61.0 Å². The minimum atomic E-state index is -0.343. The van der Waals surface area contributed by atoms with Gasteiger partial charge in [0.1, 0.15) is 23.2 Å². The van der Waals surface area contributed by atoms with Crippen LogP contribution in [0.4, 0.5) is 10.2 Å². The third-order valence-corrected chi connectivity index (χ3v) is 2.98. The van der Waals surface area contributed by atoms with Crippen molar-refractivity contribution in [2.45, 2.75) is 19.8 Å². The van der Waals surface area contributed by atoms with Gasteiger partial charge in [-0.3, -0.25) is 0 Å². The first-order chi connectivity index (χ1) is 8.95. The first-order valence-corrected chi connectivity index (χ1v) is 6.52. The fourth-order valence-corrected chi connectivity index (χ4v) is 1.87. The van der Waals surface area contributed by atoms with Crippen LogP contribution in [0.5, 0.6) is 11.6 Å². The second-order valence-electron chi connectivity index (χ2n) is 4.32. The van der Waals surface area contributed by atoms with E-state index in [0.29, 0.717) is 27.7 Å². The zero-order valence-corrected chi connectivity index (χ0v) is 12.1. The minimum absolute atomic E-state index is 0.141. The Kier molecular flexibility index (Phi) is 3.99. The van der Waals surface area contributed by atoms with Crippen molar-refractivity contribution < 1.29 is 9.13 Å². The second-order valence-corrected chi connectivity index (χ2v) is 5.18. The quantitative estimate of drug-likeness (QED) is 0.930. The Hall–Kier alpha value is -1.69. The average Bonchev–Trinajstić information content (AvgIpc) is 2.32. The van der Waals surface area contributed by atoms with Gasteiger partial charge in [-0.1, -0.05) is 13.8 Å². The summed E-state index contributed by atoms with van der Waals surface area (Å²) >= 11 is 3.23. The van der Waals surface area contributed by atoms with Crippen LogP contribution < -0.4 is 10.5 Å². The van der Waals surface area contributed by atoms with E-state index in [1.807, 2.05) is 13.8 Å². The van der Waals surface area contributed by atoms with Crippen LogP contribution in [0.2, 0.25) is 0 Å². The van der Waals surface area contributed by atoms with Gasteiger partial charge < -0.3 is 10.5 Å². The van der Waals surface area contributed by atoms with Crippen LogP contribution >= 0.6 is 15.9 Å². The number of hydrogen-bond donors (Lipinski definition) is 1. The van der Waals surface area contributed by atoms with Crippen LogP contribution in [-0.4, -0.2) is 9.97 Å². The number of aromatic nitrogens is 2. The van der Waals surface area contributed by atoms with Crippen molar-refractivity contribution in [3.8, 4) is 11.6 Å². The molecule has 6 heteroatoms. The first-order valence-electron chi connectivity index (χ1n) is 5.73. The molecule has 2 aromatic rings. The highest BCUT2D eigenvalue weighted by Gasteiger charge is 2.10. The highest BCUT2D eigenvalue weighted by molar-refractivity contribution is 9.10. The number of rotatable bonds is 3. The Bertz CT molecular complexity index is 604. The maximum Gasteiger partial charge on any atom is 0.224 e. The molecule has 0 saturated heterocycles. The van der Waals surface area contributed by atoms with Gasteiger partial charge in [0.05, 0.1) is 4.47 Å². The van der Waals surface area contributed by atoms with Crippen LogP contribution in [0.25, 0.3) is 0 Å². The summed E-state index contributed by atoms with van der Waals surface area (Å²) in [7, 11) is 0. The molecule has 0 unspecified atom stereocenters. The zero-order valence-electron chi connectivity index (χ0n) is 10.5. The Morgan fingerprint density at radius 3 is 2.63 bits per heavy atom. The van der Waals surface area contributed by atoms with Crippen molar-refractivity contribution >= 4 is 21.7 Å². The molecular weight excluding hydrogens is 313 g/mol. The molecule has 0 spiro atoms. The number of anilines is 1. The highest BCUT2D eigenvalue weighted by Crippen LogP contribution is 2.30. The minimum Gasteiger partial charge on any atom is -0.438 e. The zero-order chi connectivity index (χ0) is 14.0. The van der Waals surface area contributed by atoms with Gasteiger partial charge in [0.25, 0.3) is 0 Å². The lowest BCUT2D eigenvalue weighted by atomic mass is 10.2. The van der Waals surface area contributed by atoms with Gasteiger partial charge in [-0.05, 0) is 34.1 Å². The summed E-state index contributed by atoms with van der Waals surface area (Å²) in [6.07, 6.45) is 0. The monoisotopic (exact) mass is 325 g/mol. The molecule has 0 fully saturated rings. The Morgan fingerprint density at radius 1 is 1.26 bits per heavy atom. The molecule has 0 saturated carbocycles. The number of nitrogens with two attached hydrogens (primary N) is 1. The van der Waals surface area contributed by atoms with Gasteiger partial charge >= 0.3 is 0 Å². The predicted octanol–water partition coefficient (Wildman–Crippen LogP) is 3.88. The molecule has 0 amide bonds. The summed E-state index contributed by atoms with van der Waals surface area (Å²) in [6, 6.07) is 5.69. The molecule has 0 aliphatic heterocycles. The second kappa shape index (κ2) is 5.52. The van der Waals surface area contributed by atoms with Gasteiger partial charge in [0.2, 0.25) is 5.88 Å². The van der Waals surface area contributed by atoms with Gasteiger partial charge in [-0.2, -0.15) is 4.98 Å². The van der Waals surface area contributed by atoms with Crippen LogP contribution in [0, 0.1) is 5.82 Å². The average molecular weight is 326 g/mol.